The molecule has 148 valence electrons. The number of para-hydroxylation sites is 1. The van der Waals surface area contributed by atoms with E-state index in [4.69, 9.17) is 12.2 Å². The van der Waals surface area contributed by atoms with Gasteiger partial charge in [-0.2, -0.15) is 0 Å². The number of aromatic nitrogens is 2. The summed E-state index contributed by atoms with van der Waals surface area (Å²) in [4.78, 5) is 6.46. The fourth-order valence-electron chi connectivity index (χ4n) is 4.64. The van der Waals surface area contributed by atoms with Crippen LogP contribution in [0.3, 0.4) is 0 Å². The first kappa shape index (κ1) is 18.3. The summed E-state index contributed by atoms with van der Waals surface area (Å²) in [7, 11) is 0. The smallest absolute Gasteiger partial charge is 0.174 e. The van der Waals surface area contributed by atoms with E-state index in [1.54, 1.807) is 18.3 Å². The van der Waals surface area contributed by atoms with Crippen LogP contribution in [0.5, 0.6) is 0 Å². The second-order valence-corrected chi connectivity index (χ2v) is 8.17. The number of rotatable bonds is 4. The number of hydrogen-bond acceptors (Lipinski definition) is 2. The monoisotopic (exact) mass is 406 g/mol. The zero-order valence-corrected chi connectivity index (χ0v) is 16.9. The predicted octanol–water partition coefficient (Wildman–Crippen LogP) is 5.31. The van der Waals surface area contributed by atoms with Crippen molar-refractivity contribution < 1.29 is 4.39 Å². The highest BCUT2D eigenvalue weighted by Gasteiger charge is 2.42. The molecule has 3 heterocycles. The molecule has 29 heavy (non-hydrogen) atoms. The zero-order chi connectivity index (χ0) is 19.8. The van der Waals surface area contributed by atoms with Crippen LogP contribution in [0.25, 0.3) is 0 Å². The molecule has 1 N–H and O–H groups in total. The quantitative estimate of drug-likeness (QED) is 0.595. The van der Waals surface area contributed by atoms with Gasteiger partial charge in [-0.05, 0) is 61.0 Å². The molecular formula is C23H23FN4S. The van der Waals surface area contributed by atoms with E-state index < -0.39 is 0 Å². The van der Waals surface area contributed by atoms with Gasteiger partial charge < -0.3 is 14.8 Å². The number of hydrogen-bond donors (Lipinski definition) is 1. The molecule has 1 saturated heterocycles. The molecule has 0 bridgehead atoms. The molecule has 4 nitrogen and oxygen atoms in total. The molecule has 0 spiro atoms. The third-order valence-corrected chi connectivity index (χ3v) is 6.35. The summed E-state index contributed by atoms with van der Waals surface area (Å²) in [6.07, 6.45) is 11.1. The van der Waals surface area contributed by atoms with E-state index in [0.29, 0.717) is 16.8 Å². The molecule has 0 unspecified atom stereocenters. The van der Waals surface area contributed by atoms with E-state index in [1.165, 1.54) is 31.7 Å². The van der Waals surface area contributed by atoms with Crippen molar-refractivity contribution in [1.82, 2.24) is 14.9 Å². The van der Waals surface area contributed by atoms with E-state index in [0.717, 1.165) is 11.3 Å². The van der Waals surface area contributed by atoms with Gasteiger partial charge in [-0.1, -0.05) is 31.0 Å². The van der Waals surface area contributed by atoms with E-state index in [1.807, 2.05) is 29.2 Å². The van der Waals surface area contributed by atoms with E-state index in [2.05, 4.69) is 33.3 Å². The van der Waals surface area contributed by atoms with Gasteiger partial charge in [-0.25, -0.2) is 4.39 Å². The second kappa shape index (κ2) is 7.59. The van der Waals surface area contributed by atoms with Crippen molar-refractivity contribution >= 4 is 23.0 Å². The molecule has 3 aromatic rings. The summed E-state index contributed by atoms with van der Waals surface area (Å²) < 4.78 is 17.1. The molecule has 2 fully saturated rings. The summed E-state index contributed by atoms with van der Waals surface area (Å²) in [5, 5.41) is 3.91. The van der Waals surface area contributed by atoms with Gasteiger partial charge in [0.2, 0.25) is 0 Å². The molecule has 1 aliphatic carbocycles. The standard InChI is InChI=1S/C23H23FN4S/c24-18-9-3-4-11-20(18)28-22(16-12-14-27(15-16)17-7-1-2-8-17)21(26-23(28)29)19-10-5-6-13-25-19/h3-6,9-15,17,21-22H,1-2,7-8H2,(H,26,29)/t21-,22+/m1/s1. The van der Waals surface area contributed by atoms with E-state index >= 15 is 0 Å². The number of thiocarbonyl (C=S) groups is 1. The Bertz CT molecular complexity index is 1010. The number of benzene rings is 1. The van der Waals surface area contributed by atoms with Crippen molar-refractivity contribution in [2.45, 2.75) is 43.8 Å². The van der Waals surface area contributed by atoms with Crippen LogP contribution in [0.15, 0.2) is 67.1 Å². The summed E-state index contributed by atoms with van der Waals surface area (Å²) in [5.74, 6) is -0.279. The number of anilines is 1. The fraction of sp³-hybridized carbons (Fsp3) is 0.304. The number of nitrogens with zero attached hydrogens (tertiary/aromatic N) is 3. The summed E-state index contributed by atoms with van der Waals surface area (Å²) >= 11 is 5.66. The average molecular weight is 407 g/mol. The third-order valence-electron chi connectivity index (χ3n) is 6.04. The van der Waals surface area contributed by atoms with Gasteiger partial charge in [0.25, 0.3) is 0 Å². The van der Waals surface area contributed by atoms with Gasteiger partial charge in [0.15, 0.2) is 5.11 Å². The Morgan fingerprint density at radius 3 is 2.59 bits per heavy atom. The Hall–Kier alpha value is -2.73. The van der Waals surface area contributed by atoms with E-state index in [9.17, 15) is 4.39 Å². The van der Waals surface area contributed by atoms with Gasteiger partial charge >= 0.3 is 0 Å². The van der Waals surface area contributed by atoms with Crippen LogP contribution in [0.1, 0.15) is 55.1 Å². The van der Waals surface area contributed by atoms with Gasteiger partial charge in [0.1, 0.15) is 5.82 Å². The topological polar surface area (TPSA) is 33.1 Å². The SMILES string of the molecule is Fc1ccccc1N1C(=S)N[C@H](c2ccccn2)[C@@H]1c1ccn(C2CCCC2)c1. The highest BCUT2D eigenvalue weighted by Crippen LogP contribution is 2.43. The maximum Gasteiger partial charge on any atom is 0.174 e. The van der Waals surface area contributed by atoms with E-state index in [-0.39, 0.29) is 17.9 Å². The first-order chi connectivity index (χ1) is 14.2. The first-order valence-corrected chi connectivity index (χ1v) is 10.6. The molecular weight excluding hydrogens is 383 g/mol. The van der Waals surface area contributed by atoms with Crippen LogP contribution in [-0.2, 0) is 0 Å². The van der Waals surface area contributed by atoms with Crippen molar-refractivity contribution in [2.24, 2.45) is 0 Å². The minimum Gasteiger partial charge on any atom is -0.351 e. The second-order valence-electron chi connectivity index (χ2n) is 7.78. The lowest BCUT2D eigenvalue weighted by molar-refractivity contribution is 0.514. The average Bonchev–Trinajstić information content (AvgIpc) is 3.48. The van der Waals surface area contributed by atoms with Gasteiger partial charge in [-0.3, -0.25) is 4.98 Å². The summed E-state index contributed by atoms with van der Waals surface area (Å²) in [6.45, 7) is 0. The highest BCUT2D eigenvalue weighted by molar-refractivity contribution is 7.80. The minimum absolute atomic E-state index is 0.150. The van der Waals surface area contributed by atoms with Gasteiger partial charge in [0, 0.05) is 24.6 Å². The number of halogens is 1. The van der Waals surface area contributed by atoms with Crippen LogP contribution in [-0.4, -0.2) is 14.7 Å². The first-order valence-electron chi connectivity index (χ1n) is 10.1. The zero-order valence-electron chi connectivity index (χ0n) is 16.0. The lowest BCUT2D eigenvalue weighted by Crippen LogP contribution is -2.30. The Morgan fingerprint density at radius 1 is 1.03 bits per heavy atom. The Balaban J connectivity index is 1.59. The fourth-order valence-corrected chi connectivity index (χ4v) is 4.97. The van der Waals surface area contributed by atoms with Crippen LogP contribution >= 0.6 is 12.2 Å². The third kappa shape index (κ3) is 3.31. The normalized spacial score (nSPS) is 22.2. The van der Waals surface area contributed by atoms with Crippen LogP contribution < -0.4 is 10.2 Å². The van der Waals surface area contributed by atoms with Crippen LogP contribution in [0.2, 0.25) is 0 Å². The molecule has 1 aliphatic heterocycles. The van der Waals surface area contributed by atoms with Crippen LogP contribution in [0, 0.1) is 5.82 Å². The summed E-state index contributed by atoms with van der Waals surface area (Å²) in [5.41, 5.74) is 2.50. The Labute approximate surface area is 175 Å². The Kier molecular flexibility index (Phi) is 4.79. The van der Waals surface area contributed by atoms with Crippen molar-refractivity contribution in [3.05, 3.63) is 84.2 Å². The maximum absolute atomic E-state index is 14.7. The molecule has 1 aromatic carbocycles. The molecule has 1 saturated carbocycles. The molecule has 2 aliphatic rings. The largest absolute Gasteiger partial charge is 0.351 e. The van der Waals surface area contributed by atoms with Crippen molar-refractivity contribution in [2.75, 3.05) is 4.90 Å². The lowest BCUT2D eigenvalue weighted by Gasteiger charge is -2.27. The molecule has 0 amide bonds. The molecule has 6 heteroatoms. The van der Waals surface area contributed by atoms with Gasteiger partial charge in [-0.15, -0.1) is 0 Å². The summed E-state index contributed by atoms with van der Waals surface area (Å²) in [6, 6.07) is 15.0. The molecule has 2 atom stereocenters. The Morgan fingerprint density at radius 2 is 1.83 bits per heavy atom. The minimum atomic E-state index is -0.279. The van der Waals surface area contributed by atoms with Gasteiger partial charge in [0.05, 0.1) is 23.5 Å². The molecule has 5 rings (SSSR count). The van der Waals surface area contributed by atoms with Crippen LogP contribution in [0.4, 0.5) is 10.1 Å². The van der Waals surface area contributed by atoms with Crippen molar-refractivity contribution in [3.8, 4) is 0 Å². The van der Waals surface area contributed by atoms with Crippen molar-refractivity contribution in [3.63, 3.8) is 0 Å². The maximum atomic E-state index is 14.7. The molecule has 0 radical (unpaired) electrons. The lowest BCUT2D eigenvalue weighted by atomic mass is 9.98. The predicted molar refractivity (Wildman–Crippen MR) is 116 cm³/mol. The highest BCUT2D eigenvalue weighted by atomic mass is 32.1. The molecule has 2 aromatic heterocycles. The number of nitrogens with one attached hydrogen (secondary N) is 1. The number of pyridine rings is 1. The van der Waals surface area contributed by atoms with Crippen molar-refractivity contribution in [1.29, 1.82) is 0 Å².